The van der Waals surface area contributed by atoms with Crippen molar-refractivity contribution >= 4 is 28.1 Å². The number of hydrogen-bond donors (Lipinski definition) is 2. The summed E-state index contributed by atoms with van der Waals surface area (Å²) in [7, 11) is 0. The molecule has 0 aliphatic heterocycles. The van der Waals surface area contributed by atoms with E-state index in [0.717, 1.165) is 16.5 Å². The summed E-state index contributed by atoms with van der Waals surface area (Å²) >= 11 is 0. The number of nitrogen functional groups attached to an aromatic ring is 1. The SMILES string of the molecule is Nc1ccccc1OCCCC(=O)Nc1cccc2ccccc12. The van der Waals surface area contributed by atoms with Gasteiger partial charge in [-0.05, 0) is 30.0 Å². The Balaban J connectivity index is 1.51. The molecule has 3 aromatic carbocycles. The van der Waals surface area contributed by atoms with Crippen LogP contribution >= 0.6 is 0 Å². The Bertz CT molecular complexity index is 840. The molecule has 0 fully saturated rings. The maximum Gasteiger partial charge on any atom is 0.224 e. The van der Waals surface area contributed by atoms with Crippen molar-refractivity contribution in [1.82, 2.24) is 0 Å². The molecule has 0 radical (unpaired) electrons. The monoisotopic (exact) mass is 320 g/mol. The van der Waals surface area contributed by atoms with Crippen LogP contribution in [0.3, 0.4) is 0 Å². The van der Waals surface area contributed by atoms with E-state index in [1.54, 1.807) is 6.07 Å². The van der Waals surface area contributed by atoms with Gasteiger partial charge < -0.3 is 15.8 Å². The van der Waals surface area contributed by atoms with Gasteiger partial charge in [0.1, 0.15) is 5.75 Å². The Hall–Kier alpha value is -3.01. The Morgan fingerprint density at radius 3 is 2.58 bits per heavy atom. The fourth-order valence-corrected chi connectivity index (χ4v) is 2.57. The summed E-state index contributed by atoms with van der Waals surface area (Å²) in [4.78, 5) is 12.1. The minimum Gasteiger partial charge on any atom is -0.491 e. The molecule has 0 saturated carbocycles. The van der Waals surface area contributed by atoms with Gasteiger partial charge in [0.05, 0.1) is 12.3 Å². The van der Waals surface area contributed by atoms with Gasteiger partial charge in [-0.15, -0.1) is 0 Å². The van der Waals surface area contributed by atoms with Crippen molar-refractivity contribution in [2.75, 3.05) is 17.7 Å². The molecule has 3 N–H and O–H groups in total. The van der Waals surface area contributed by atoms with Crippen LogP contribution in [-0.2, 0) is 4.79 Å². The molecule has 0 saturated heterocycles. The average Bonchev–Trinajstić information content (AvgIpc) is 2.60. The lowest BCUT2D eigenvalue weighted by Gasteiger charge is -2.10. The number of fused-ring (bicyclic) bond motifs is 1. The molecule has 122 valence electrons. The predicted molar refractivity (Wildman–Crippen MR) is 98.2 cm³/mol. The summed E-state index contributed by atoms with van der Waals surface area (Å²) in [5, 5.41) is 5.13. The first-order valence-electron chi connectivity index (χ1n) is 7.99. The molecule has 1 amide bonds. The van der Waals surface area contributed by atoms with E-state index < -0.39 is 0 Å². The van der Waals surface area contributed by atoms with Crippen LogP contribution in [0.25, 0.3) is 10.8 Å². The molecule has 0 spiro atoms. The molecule has 4 nitrogen and oxygen atoms in total. The van der Waals surface area contributed by atoms with Crippen LogP contribution in [0.15, 0.2) is 66.7 Å². The second kappa shape index (κ2) is 7.51. The lowest BCUT2D eigenvalue weighted by Crippen LogP contribution is -2.13. The van der Waals surface area contributed by atoms with Crippen molar-refractivity contribution in [3.63, 3.8) is 0 Å². The number of amides is 1. The van der Waals surface area contributed by atoms with E-state index in [-0.39, 0.29) is 5.91 Å². The first-order valence-corrected chi connectivity index (χ1v) is 7.99. The van der Waals surface area contributed by atoms with Gasteiger partial charge in [-0.1, -0.05) is 48.5 Å². The predicted octanol–water partition coefficient (Wildman–Crippen LogP) is 4.22. The van der Waals surface area contributed by atoms with E-state index >= 15 is 0 Å². The highest BCUT2D eigenvalue weighted by Crippen LogP contribution is 2.23. The smallest absolute Gasteiger partial charge is 0.224 e. The number of rotatable bonds is 6. The van der Waals surface area contributed by atoms with Crippen LogP contribution in [0.1, 0.15) is 12.8 Å². The van der Waals surface area contributed by atoms with E-state index in [9.17, 15) is 4.79 Å². The summed E-state index contributed by atoms with van der Waals surface area (Å²) < 4.78 is 5.60. The number of anilines is 2. The van der Waals surface area contributed by atoms with Crippen LogP contribution in [0.4, 0.5) is 11.4 Å². The topological polar surface area (TPSA) is 64.3 Å². The van der Waals surface area contributed by atoms with Gasteiger partial charge in [0.2, 0.25) is 5.91 Å². The summed E-state index contributed by atoms with van der Waals surface area (Å²) in [6.45, 7) is 0.456. The number of nitrogens with two attached hydrogens (primary N) is 1. The molecule has 3 rings (SSSR count). The lowest BCUT2D eigenvalue weighted by molar-refractivity contribution is -0.116. The zero-order chi connectivity index (χ0) is 16.8. The summed E-state index contributed by atoms with van der Waals surface area (Å²) in [6.07, 6.45) is 1.03. The van der Waals surface area contributed by atoms with Crippen LogP contribution in [0.5, 0.6) is 5.75 Å². The Labute approximate surface area is 141 Å². The fourth-order valence-electron chi connectivity index (χ4n) is 2.57. The average molecular weight is 320 g/mol. The van der Waals surface area contributed by atoms with Gasteiger partial charge in [-0.2, -0.15) is 0 Å². The zero-order valence-electron chi connectivity index (χ0n) is 13.4. The molecule has 0 unspecified atom stereocenters. The first-order chi connectivity index (χ1) is 11.7. The molecule has 0 heterocycles. The molecular weight excluding hydrogens is 300 g/mol. The van der Waals surface area contributed by atoms with Crippen molar-refractivity contribution in [1.29, 1.82) is 0 Å². The van der Waals surface area contributed by atoms with Gasteiger partial charge in [0.15, 0.2) is 0 Å². The highest BCUT2D eigenvalue weighted by Gasteiger charge is 2.06. The van der Waals surface area contributed by atoms with Gasteiger partial charge in [-0.3, -0.25) is 4.79 Å². The number of nitrogens with one attached hydrogen (secondary N) is 1. The molecule has 0 aliphatic carbocycles. The van der Waals surface area contributed by atoms with E-state index in [1.807, 2.05) is 60.7 Å². The first kappa shape index (κ1) is 15.9. The quantitative estimate of drug-likeness (QED) is 0.528. The van der Waals surface area contributed by atoms with E-state index in [2.05, 4.69) is 5.32 Å². The Morgan fingerprint density at radius 2 is 1.71 bits per heavy atom. The number of hydrogen-bond acceptors (Lipinski definition) is 3. The van der Waals surface area contributed by atoms with Crippen molar-refractivity contribution in [2.45, 2.75) is 12.8 Å². The van der Waals surface area contributed by atoms with Crippen LogP contribution in [0.2, 0.25) is 0 Å². The second-order valence-electron chi connectivity index (χ2n) is 5.56. The number of para-hydroxylation sites is 2. The van der Waals surface area contributed by atoms with E-state index in [1.165, 1.54) is 0 Å². The highest BCUT2D eigenvalue weighted by atomic mass is 16.5. The van der Waals surface area contributed by atoms with Crippen molar-refractivity contribution in [3.8, 4) is 5.75 Å². The largest absolute Gasteiger partial charge is 0.491 e. The molecule has 4 heteroatoms. The summed E-state index contributed by atoms with van der Waals surface area (Å²) in [5.41, 5.74) is 7.26. The maximum atomic E-state index is 12.1. The van der Waals surface area contributed by atoms with Gasteiger partial charge >= 0.3 is 0 Å². The molecule has 0 aromatic heterocycles. The van der Waals surface area contributed by atoms with Crippen molar-refractivity contribution < 1.29 is 9.53 Å². The minimum atomic E-state index is -0.0176. The number of benzene rings is 3. The molecular formula is C20H20N2O2. The number of ether oxygens (including phenoxy) is 1. The molecule has 0 bridgehead atoms. The molecule has 0 atom stereocenters. The maximum absolute atomic E-state index is 12.1. The van der Waals surface area contributed by atoms with Gasteiger partial charge in [-0.25, -0.2) is 0 Å². The molecule has 24 heavy (non-hydrogen) atoms. The minimum absolute atomic E-state index is 0.0176. The van der Waals surface area contributed by atoms with Crippen LogP contribution < -0.4 is 15.8 Å². The third kappa shape index (κ3) is 3.84. The Kier molecular flexibility index (Phi) is 4.96. The van der Waals surface area contributed by atoms with Crippen molar-refractivity contribution in [3.05, 3.63) is 66.7 Å². The lowest BCUT2D eigenvalue weighted by atomic mass is 10.1. The van der Waals surface area contributed by atoms with Gasteiger partial charge in [0, 0.05) is 17.5 Å². The van der Waals surface area contributed by atoms with Gasteiger partial charge in [0.25, 0.3) is 0 Å². The van der Waals surface area contributed by atoms with E-state index in [0.29, 0.717) is 30.9 Å². The number of carbonyl (C=O) groups is 1. The molecule has 3 aromatic rings. The van der Waals surface area contributed by atoms with Crippen molar-refractivity contribution in [2.24, 2.45) is 0 Å². The molecule has 0 aliphatic rings. The Morgan fingerprint density at radius 1 is 0.958 bits per heavy atom. The third-order valence-corrected chi connectivity index (χ3v) is 3.79. The van der Waals surface area contributed by atoms with Crippen LogP contribution in [0, 0.1) is 0 Å². The zero-order valence-corrected chi connectivity index (χ0v) is 13.4. The van der Waals surface area contributed by atoms with E-state index in [4.69, 9.17) is 10.5 Å². The number of carbonyl (C=O) groups excluding carboxylic acids is 1. The third-order valence-electron chi connectivity index (χ3n) is 3.79. The highest BCUT2D eigenvalue weighted by molar-refractivity contribution is 6.02. The summed E-state index contributed by atoms with van der Waals surface area (Å²) in [5.74, 6) is 0.642. The second-order valence-corrected chi connectivity index (χ2v) is 5.56. The van der Waals surface area contributed by atoms with Crippen LogP contribution in [-0.4, -0.2) is 12.5 Å². The summed E-state index contributed by atoms with van der Waals surface area (Å²) in [6, 6.07) is 21.2. The standard InChI is InChI=1S/C20H20N2O2/c21-17-10-3-4-12-19(17)24-14-6-13-20(23)22-18-11-5-8-15-7-1-2-9-16(15)18/h1-5,7-12H,6,13-14,21H2,(H,22,23). The normalized spacial score (nSPS) is 10.5. The fraction of sp³-hybridized carbons (Fsp3) is 0.150.